The van der Waals surface area contributed by atoms with Crippen LogP contribution in [-0.2, 0) is 26.2 Å². The van der Waals surface area contributed by atoms with Crippen molar-refractivity contribution in [1.82, 2.24) is 10.2 Å². The van der Waals surface area contributed by atoms with Crippen LogP contribution in [0.2, 0.25) is 10.0 Å². The largest absolute Gasteiger partial charge is 0.486 e. The molecule has 0 radical (unpaired) electrons. The Kier molecular flexibility index (Phi) is 11.1. The summed E-state index contributed by atoms with van der Waals surface area (Å²) in [5, 5.41) is 3.56. The second-order valence-corrected chi connectivity index (χ2v) is 12.0. The monoisotopic (exact) mass is 599 g/mol. The summed E-state index contributed by atoms with van der Waals surface area (Å²) < 4.78 is 38.6. The van der Waals surface area contributed by atoms with Crippen LogP contribution in [-0.4, -0.2) is 63.2 Å². The van der Waals surface area contributed by atoms with E-state index >= 15 is 0 Å². The molecule has 1 aliphatic rings. The van der Waals surface area contributed by atoms with E-state index in [0.29, 0.717) is 53.3 Å². The third-order valence-corrected chi connectivity index (χ3v) is 8.85. The highest BCUT2D eigenvalue weighted by atomic mass is 35.5. The van der Waals surface area contributed by atoms with Gasteiger partial charge >= 0.3 is 0 Å². The summed E-state index contributed by atoms with van der Waals surface area (Å²) in [6, 6.07) is 8.84. The summed E-state index contributed by atoms with van der Waals surface area (Å²) in [6.45, 7) is 5.89. The zero-order valence-electron chi connectivity index (χ0n) is 22.4. The average Bonchev–Trinajstić information content (AvgIpc) is 2.92. The van der Waals surface area contributed by atoms with Crippen molar-refractivity contribution in [2.45, 2.75) is 52.6 Å². The van der Waals surface area contributed by atoms with Crippen LogP contribution in [0.25, 0.3) is 0 Å². The predicted molar refractivity (Wildman–Crippen MR) is 153 cm³/mol. The van der Waals surface area contributed by atoms with E-state index in [4.69, 9.17) is 32.7 Å². The Morgan fingerprint density at radius 3 is 2.31 bits per heavy atom. The van der Waals surface area contributed by atoms with E-state index in [2.05, 4.69) is 5.32 Å². The van der Waals surface area contributed by atoms with Gasteiger partial charge in [0.2, 0.25) is 21.8 Å². The Labute approximate surface area is 240 Å². The number of anilines is 1. The van der Waals surface area contributed by atoms with E-state index in [1.165, 1.54) is 11.8 Å². The van der Waals surface area contributed by atoms with Crippen molar-refractivity contribution in [1.29, 1.82) is 0 Å². The summed E-state index contributed by atoms with van der Waals surface area (Å²) in [4.78, 5) is 28.5. The van der Waals surface area contributed by atoms with E-state index in [-0.39, 0.29) is 23.9 Å². The van der Waals surface area contributed by atoms with Gasteiger partial charge in [0.1, 0.15) is 25.8 Å². The molecule has 1 atom stereocenters. The number of fused-ring (bicyclic) bond motifs is 1. The maximum Gasteiger partial charge on any atom is 0.244 e. The molecule has 1 heterocycles. The molecular formula is C27H35Cl2N3O6S. The molecule has 9 nitrogen and oxygen atoms in total. The first-order valence-electron chi connectivity index (χ1n) is 13.0. The number of amides is 2. The van der Waals surface area contributed by atoms with E-state index in [0.717, 1.165) is 17.1 Å². The Morgan fingerprint density at radius 1 is 1.03 bits per heavy atom. The molecule has 0 fully saturated rings. The highest BCUT2D eigenvalue weighted by Crippen LogP contribution is 2.35. The minimum absolute atomic E-state index is 0.0712. The van der Waals surface area contributed by atoms with Gasteiger partial charge in [0, 0.05) is 34.8 Å². The fourth-order valence-corrected chi connectivity index (χ4v) is 5.76. The minimum Gasteiger partial charge on any atom is -0.486 e. The SMILES string of the molecule is CCCCNC(=O)C(CC)N(Cc1c(Cl)cccc1Cl)C(=O)CN(c1ccc2c(c1)OCCO2)S(=O)(=O)CC. The van der Waals surface area contributed by atoms with Crippen LogP contribution >= 0.6 is 23.2 Å². The molecule has 0 bridgehead atoms. The Hall–Kier alpha value is -2.69. The van der Waals surface area contributed by atoms with E-state index in [1.54, 1.807) is 43.3 Å². The molecule has 12 heteroatoms. The number of benzene rings is 2. The van der Waals surface area contributed by atoms with Crippen molar-refractivity contribution in [3.8, 4) is 11.5 Å². The first-order valence-corrected chi connectivity index (χ1v) is 15.4. The molecular weight excluding hydrogens is 565 g/mol. The van der Waals surface area contributed by atoms with Gasteiger partial charge in [0.05, 0.1) is 11.4 Å². The Morgan fingerprint density at radius 2 is 1.69 bits per heavy atom. The van der Waals surface area contributed by atoms with E-state index in [9.17, 15) is 18.0 Å². The Bertz CT molecular complexity index is 1250. The van der Waals surface area contributed by atoms with E-state index < -0.39 is 28.5 Å². The topological polar surface area (TPSA) is 105 Å². The molecule has 1 unspecified atom stereocenters. The molecule has 39 heavy (non-hydrogen) atoms. The quantitative estimate of drug-likeness (QED) is 0.336. The van der Waals surface area contributed by atoms with Gasteiger partial charge in [-0.25, -0.2) is 8.42 Å². The normalized spacial score (nSPS) is 13.5. The summed E-state index contributed by atoms with van der Waals surface area (Å²) in [5.41, 5.74) is 0.726. The van der Waals surface area contributed by atoms with Crippen molar-refractivity contribution in [2.24, 2.45) is 0 Å². The van der Waals surface area contributed by atoms with Gasteiger partial charge in [-0.15, -0.1) is 0 Å². The molecule has 0 aliphatic carbocycles. The van der Waals surface area contributed by atoms with Crippen LogP contribution in [0.15, 0.2) is 36.4 Å². The van der Waals surface area contributed by atoms with Crippen LogP contribution in [0, 0.1) is 0 Å². The van der Waals surface area contributed by atoms with Gasteiger partial charge in [-0.05, 0) is 44.0 Å². The zero-order chi connectivity index (χ0) is 28.6. The molecule has 214 valence electrons. The number of nitrogens with zero attached hydrogens (tertiary/aromatic N) is 2. The van der Waals surface area contributed by atoms with Crippen molar-refractivity contribution in [3.05, 3.63) is 52.0 Å². The number of rotatable bonds is 13. The minimum atomic E-state index is -3.89. The van der Waals surface area contributed by atoms with Crippen LogP contribution in [0.5, 0.6) is 11.5 Å². The first-order chi connectivity index (χ1) is 18.6. The second kappa shape index (κ2) is 14.1. The number of sulfonamides is 1. The lowest BCUT2D eigenvalue weighted by Gasteiger charge is -2.33. The van der Waals surface area contributed by atoms with Crippen LogP contribution in [0.3, 0.4) is 0 Å². The lowest BCUT2D eigenvalue weighted by atomic mass is 10.1. The molecule has 0 spiro atoms. The number of hydrogen-bond acceptors (Lipinski definition) is 6. The second-order valence-electron chi connectivity index (χ2n) is 9.03. The number of unbranched alkanes of at least 4 members (excludes halogenated alkanes) is 1. The third-order valence-electron chi connectivity index (χ3n) is 6.40. The van der Waals surface area contributed by atoms with Gasteiger partial charge in [-0.3, -0.25) is 13.9 Å². The number of halogens is 2. The molecule has 3 rings (SSSR count). The molecule has 0 saturated carbocycles. The number of carbonyl (C=O) groups is 2. The first kappa shape index (κ1) is 30.8. The van der Waals surface area contributed by atoms with Crippen LogP contribution in [0.1, 0.15) is 45.6 Å². The lowest BCUT2D eigenvalue weighted by Crippen LogP contribution is -2.52. The molecule has 1 aliphatic heterocycles. The van der Waals surface area contributed by atoms with Crippen molar-refractivity contribution >= 4 is 50.7 Å². The van der Waals surface area contributed by atoms with Crippen LogP contribution in [0.4, 0.5) is 5.69 Å². The number of nitrogens with one attached hydrogen (secondary N) is 1. The summed E-state index contributed by atoms with van der Waals surface area (Å²) in [5.74, 6) is -0.249. The molecule has 0 saturated heterocycles. The van der Waals surface area contributed by atoms with Gasteiger partial charge in [0.15, 0.2) is 11.5 Å². The van der Waals surface area contributed by atoms with Gasteiger partial charge in [0.25, 0.3) is 0 Å². The van der Waals surface area contributed by atoms with Gasteiger partial charge < -0.3 is 19.7 Å². The van der Waals surface area contributed by atoms with Crippen LogP contribution < -0.4 is 19.1 Å². The van der Waals surface area contributed by atoms with E-state index in [1.807, 2.05) is 6.92 Å². The summed E-state index contributed by atoms with van der Waals surface area (Å²) >= 11 is 12.8. The highest BCUT2D eigenvalue weighted by Gasteiger charge is 2.33. The fourth-order valence-electron chi connectivity index (χ4n) is 4.19. The summed E-state index contributed by atoms with van der Waals surface area (Å²) in [7, 11) is -3.89. The molecule has 2 amide bonds. The van der Waals surface area contributed by atoms with Crippen molar-refractivity contribution in [3.63, 3.8) is 0 Å². The molecule has 2 aromatic rings. The average molecular weight is 601 g/mol. The fraction of sp³-hybridized carbons (Fsp3) is 0.481. The third kappa shape index (κ3) is 7.70. The molecule has 2 aromatic carbocycles. The predicted octanol–water partition coefficient (Wildman–Crippen LogP) is 4.64. The maximum absolute atomic E-state index is 13.9. The maximum atomic E-state index is 13.9. The number of ether oxygens (including phenoxy) is 2. The van der Waals surface area contributed by atoms with Crippen molar-refractivity contribution in [2.75, 3.05) is 36.4 Å². The number of hydrogen-bond donors (Lipinski definition) is 1. The smallest absolute Gasteiger partial charge is 0.244 e. The molecule has 0 aromatic heterocycles. The zero-order valence-corrected chi connectivity index (χ0v) is 24.7. The van der Waals surface area contributed by atoms with Crippen molar-refractivity contribution < 1.29 is 27.5 Å². The standard InChI is InChI=1S/C27H35Cl2N3O6S/c1-4-7-13-30-27(34)23(5-2)31(17-20-21(28)9-8-10-22(20)29)26(33)18-32(39(35,36)6-3)19-11-12-24-25(16-19)38-15-14-37-24/h8-12,16,23H,4-7,13-15,17-18H2,1-3H3,(H,30,34). The lowest BCUT2D eigenvalue weighted by molar-refractivity contribution is -0.140. The molecule has 1 N–H and O–H groups in total. The highest BCUT2D eigenvalue weighted by molar-refractivity contribution is 7.92. The Balaban J connectivity index is 2.00. The van der Waals surface area contributed by atoms with Gasteiger partial charge in [-0.2, -0.15) is 0 Å². The number of carbonyl (C=O) groups excluding carboxylic acids is 2. The van der Waals surface area contributed by atoms with Gasteiger partial charge in [-0.1, -0.05) is 49.5 Å². The summed E-state index contributed by atoms with van der Waals surface area (Å²) in [6.07, 6.45) is 1.99.